The number of benzene rings is 1. The van der Waals surface area contributed by atoms with Crippen molar-refractivity contribution < 1.29 is 13.9 Å². The molecule has 1 aromatic carbocycles. The Balaban J connectivity index is 2.14. The number of ether oxygens (including phenoxy) is 1. The van der Waals surface area contributed by atoms with Crippen LogP contribution in [0.5, 0.6) is 0 Å². The van der Waals surface area contributed by atoms with E-state index in [0.29, 0.717) is 6.54 Å². The first-order valence-corrected chi connectivity index (χ1v) is 6.28. The molecule has 0 aromatic heterocycles. The van der Waals surface area contributed by atoms with Gasteiger partial charge in [0.15, 0.2) is 0 Å². The lowest BCUT2D eigenvalue weighted by Crippen LogP contribution is -2.36. The molecule has 102 valence electrons. The van der Waals surface area contributed by atoms with Crippen LogP contribution in [-0.2, 0) is 4.74 Å². The average molecular weight is 263 g/mol. The second-order valence-corrected chi connectivity index (χ2v) is 5.56. The fourth-order valence-electron chi connectivity index (χ4n) is 1.98. The molecule has 0 bridgehead atoms. The summed E-state index contributed by atoms with van der Waals surface area (Å²) in [5.74, 6) is -0.283. The van der Waals surface area contributed by atoms with E-state index in [-0.39, 0.29) is 18.0 Å². The third-order valence-corrected chi connectivity index (χ3v) is 2.80. The summed E-state index contributed by atoms with van der Waals surface area (Å²) in [5, 5.41) is 0. The molecule has 0 radical (unpaired) electrons. The number of hydrogen-bond donors (Lipinski definition) is 0. The fourth-order valence-corrected chi connectivity index (χ4v) is 1.98. The van der Waals surface area contributed by atoms with E-state index in [4.69, 9.17) is 4.74 Å². The van der Waals surface area contributed by atoms with Gasteiger partial charge in [-0.1, -0.05) is 24.3 Å². The predicted octanol–water partition coefficient (Wildman–Crippen LogP) is 3.67. The van der Waals surface area contributed by atoms with Crippen LogP contribution in [0.3, 0.4) is 0 Å². The summed E-state index contributed by atoms with van der Waals surface area (Å²) in [7, 11) is 0. The summed E-state index contributed by atoms with van der Waals surface area (Å²) in [4.78, 5) is 13.7. The van der Waals surface area contributed by atoms with Crippen molar-refractivity contribution in [1.82, 2.24) is 4.90 Å². The van der Waals surface area contributed by atoms with Crippen molar-refractivity contribution in [3.63, 3.8) is 0 Å². The molecule has 0 fully saturated rings. The van der Waals surface area contributed by atoms with Crippen LogP contribution in [0.25, 0.3) is 0 Å². The van der Waals surface area contributed by atoms with Gasteiger partial charge in [0.25, 0.3) is 0 Å². The molecule has 1 aliphatic heterocycles. The number of nitrogens with zero attached hydrogens (tertiary/aromatic N) is 1. The summed E-state index contributed by atoms with van der Waals surface area (Å²) < 4.78 is 18.3. The Morgan fingerprint density at radius 2 is 1.95 bits per heavy atom. The van der Waals surface area contributed by atoms with Crippen molar-refractivity contribution in [3.05, 3.63) is 47.8 Å². The molecule has 0 saturated heterocycles. The molecule has 19 heavy (non-hydrogen) atoms. The predicted molar refractivity (Wildman–Crippen MR) is 71.2 cm³/mol. The third kappa shape index (κ3) is 3.34. The van der Waals surface area contributed by atoms with Gasteiger partial charge in [-0.3, -0.25) is 4.90 Å². The Kier molecular flexibility index (Phi) is 3.60. The summed E-state index contributed by atoms with van der Waals surface area (Å²) >= 11 is 0. The first kappa shape index (κ1) is 13.6. The molecule has 2 rings (SSSR count). The number of halogens is 1. The van der Waals surface area contributed by atoms with Crippen LogP contribution in [-0.4, -0.2) is 23.1 Å². The van der Waals surface area contributed by atoms with Crippen molar-refractivity contribution >= 4 is 6.09 Å². The van der Waals surface area contributed by atoms with Gasteiger partial charge < -0.3 is 4.74 Å². The van der Waals surface area contributed by atoms with E-state index in [9.17, 15) is 9.18 Å². The van der Waals surface area contributed by atoms with E-state index in [1.165, 1.54) is 12.1 Å². The Labute approximate surface area is 112 Å². The Morgan fingerprint density at radius 3 is 2.53 bits per heavy atom. The molecule has 4 heteroatoms. The van der Waals surface area contributed by atoms with Gasteiger partial charge in [0, 0.05) is 6.54 Å². The average Bonchev–Trinajstić information content (AvgIpc) is 2.76. The maximum absolute atomic E-state index is 12.9. The zero-order valence-electron chi connectivity index (χ0n) is 11.4. The van der Waals surface area contributed by atoms with Crippen LogP contribution < -0.4 is 0 Å². The lowest BCUT2D eigenvalue weighted by molar-refractivity contribution is 0.0240. The first-order valence-electron chi connectivity index (χ1n) is 6.28. The third-order valence-electron chi connectivity index (χ3n) is 2.80. The highest BCUT2D eigenvalue weighted by Crippen LogP contribution is 2.28. The molecule has 0 saturated carbocycles. The molecular weight excluding hydrogens is 245 g/mol. The zero-order valence-corrected chi connectivity index (χ0v) is 11.4. The Morgan fingerprint density at radius 1 is 1.32 bits per heavy atom. The minimum atomic E-state index is -0.521. The Hall–Kier alpha value is -1.84. The van der Waals surface area contributed by atoms with Crippen molar-refractivity contribution in [3.8, 4) is 0 Å². The number of carbonyl (C=O) groups is 1. The maximum atomic E-state index is 12.9. The molecule has 1 amide bonds. The van der Waals surface area contributed by atoms with E-state index >= 15 is 0 Å². The minimum Gasteiger partial charge on any atom is -0.444 e. The van der Waals surface area contributed by atoms with Crippen molar-refractivity contribution in [2.75, 3.05) is 6.54 Å². The number of rotatable bonds is 1. The van der Waals surface area contributed by atoms with Crippen molar-refractivity contribution in [2.45, 2.75) is 32.4 Å². The first-order chi connectivity index (χ1) is 8.87. The van der Waals surface area contributed by atoms with E-state index < -0.39 is 5.60 Å². The lowest BCUT2D eigenvalue weighted by Gasteiger charge is -2.28. The van der Waals surface area contributed by atoms with E-state index in [1.807, 2.05) is 32.9 Å². The maximum Gasteiger partial charge on any atom is 0.411 e. The van der Waals surface area contributed by atoms with Gasteiger partial charge >= 0.3 is 6.09 Å². The second kappa shape index (κ2) is 5.03. The highest BCUT2D eigenvalue weighted by molar-refractivity contribution is 5.70. The standard InChI is InChI=1S/C15H18FNO2/c1-15(2,3)19-14(18)17-10-4-5-13(17)11-6-8-12(16)9-7-11/h4-9,13H,10H2,1-3H3/t13-/m0/s1. The molecule has 1 heterocycles. The smallest absolute Gasteiger partial charge is 0.411 e. The summed E-state index contributed by atoms with van der Waals surface area (Å²) in [5.41, 5.74) is 0.355. The molecular formula is C15H18FNO2. The molecule has 1 aromatic rings. The van der Waals surface area contributed by atoms with Crippen LogP contribution in [0.2, 0.25) is 0 Å². The molecule has 3 nitrogen and oxygen atoms in total. The van der Waals surface area contributed by atoms with Gasteiger partial charge in [0.2, 0.25) is 0 Å². The second-order valence-electron chi connectivity index (χ2n) is 5.56. The number of carbonyl (C=O) groups excluding carboxylic acids is 1. The molecule has 1 aliphatic rings. The van der Waals surface area contributed by atoms with Crippen LogP contribution in [0.4, 0.5) is 9.18 Å². The Bertz CT molecular complexity index is 488. The summed E-state index contributed by atoms with van der Waals surface area (Å²) in [6, 6.07) is 5.99. The molecule has 1 atom stereocenters. The zero-order chi connectivity index (χ0) is 14.0. The normalized spacial score (nSPS) is 18.7. The highest BCUT2D eigenvalue weighted by Gasteiger charge is 2.29. The van der Waals surface area contributed by atoms with Crippen LogP contribution in [0, 0.1) is 5.82 Å². The van der Waals surface area contributed by atoms with Crippen molar-refractivity contribution in [2.24, 2.45) is 0 Å². The van der Waals surface area contributed by atoms with Gasteiger partial charge in [-0.25, -0.2) is 9.18 Å². The number of amides is 1. The SMILES string of the molecule is CC(C)(C)OC(=O)N1CC=C[C@H]1c1ccc(F)cc1. The molecule has 0 spiro atoms. The van der Waals surface area contributed by atoms with Gasteiger partial charge in [-0.2, -0.15) is 0 Å². The monoisotopic (exact) mass is 263 g/mol. The number of hydrogen-bond acceptors (Lipinski definition) is 2. The lowest BCUT2D eigenvalue weighted by atomic mass is 10.1. The molecule has 0 aliphatic carbocycles. The quantitative estimate of drug-likeness (QED) is 0.723. The summed E-state index contributed by atoms with van der Waals surface area (Å²) in [6.07, 6.45) is 3.49. The summed E-state index contributed by atoms with van der Waals surface area (Å²) in [6.45, 7) is 6.01. The molecule has 0 N–H and O–H groups in total. The van der Waals surface area contributed by atoms with Crippen molar-refractivity contribution in [1.29, 1.82) is 0 Å². The topological polar surface area (TPSA) is 29.5 Å². The van der Waals surface area contributed by atoms with E-state index in [2.05, 4.69) is 0 Å². The molecule has 0 unspecified atom stereocenters. The largest absolute Gasteiger partial charge is 0.444 e. The van der Waals surface area contributed by atoms with Crippen LogP contribution >= 0.6 is 0 Å². The van der Waals surface area contributed by atoms with Gasteiger partial charge in [0.1, 0.15) is 11.4 Å². The van der Waals surface area contributed by atoms with Crippen LogP contribution in [0.15, 0.2) is 36.4 Å². The van der Waals surface area contributed by atoms with Gasteiger partial charge in [-0.15, -0.1) is 0 Å². The minimum absolute atomic E-state index is 0.185. The fraction of sp³-hybridized carbons (Fsp3) is 0.400. The van der Waals surface area contributed by atoms with Gasteiger partial charge in [0.05, 0.1) is 6.04 Å². The van der Waals surface area contributed by atoms with Crippen LogP contribution in [0.1, 0.15) is 32.4 Å². The van der Waals surface area contributed by atoms with E-state index in [1.54, 1.807) is 17.0 Å². The van der Waals surface area contributed by atoms with Gasteiger partial charge in [-0.05, 0) is 38.5 Å². The van der Waals surface area contributed by atoms with E-state index in [0.717, 1.165) is 5.56 Å². The highest BCUT2D eigenvalue weighted by atomic mass is 19.1.